The lowest BCUT2D eigenvalue weighted by Gasteiger charge is -2.29. The molecule has 4 aromatic rings. The predicted molar refractivity (Wildman–Crippen MR) is 147 cm³/mol. The molecule has 1 aromatic carbocycles. The quantitative estimate of drug-likeness (QED) is 0.364. The maximum Gasteiger partial charge on any atom is 0.328 e. The number of hydrogen-bond donors (Lipinski definition) is 1. The van der Waals surface area contributed by atoms with Gasteiger partial charge in [0.25, 0.3) is 5.56 Å². The molecule has 2 atom stereocenters. The van der Waals surface area contributed by atoms with Gasteiger partial charge in [0.05, 0.1) is 19.2 Å². The molecular formula is C25H28Cl2N4O4S. The molecule has 6 rings (SSSR count). The molecule has 0 amide bonds. The Labute approximate surface area is 224 Å². The highest BCUT2D eigenvalue weighted by atomic mass is 35.5. The van der Waals surface area contributed by atoms with E-state index in [1.54, 1.807) is 19.5 Å². The number of pyridine rings is 1. The molecule has 8 nitrogen and oxygen atoms in total. The fraction of sp³-hybridized carbons (Fsp3) is 0.400. The number of thiophene rings is 1. The Balaban J connectivity index is 0.00000152. The Morgan fingerprint density at radius 3 is 2.83 bits per heavy atom. The molecule has 0 aliphatic carbocycles. The van der Waals surface area contributed by atoms with Gasteiger partial charge in [0, 0.05) is 59.5 Å². The molecule has 0 radical (unpaired) electrons. The maximum absolute atomic E-state index is 13.0. The molecule has 36 heavy (non-hydrogen) atoms. The largest absolute Gasteiger partial charge is 0.496 e. The van der Waals surface area contributed by atoms with Crippen LogP contribution in [0.15, 0.2) is 46.2 Å². The van der Waals surface area contributed by atoms with Crippen LogP contribution in [0, 0.1) is 5.92 Å². The van der Waals surface area contributed by atoms with Crippen molar-refractivity contribution in [3.63, 3.8) is 0 Å². The third kappa shape index (κ3) is 4.49. The predicted octanol–water partition coefficient (Wildman–Crippen LogP) is 4.04. The van der Waals surface area contributed by atoms with Gasteiger partial charge in [0.2, 0.25) is 0 Å². The molecule has 0 unspecified atom stereocenters. The summed E-state index contributed by atoms with van der Waals surface area (Å²) in [5.74, 6) is 2.71. The SMILES string of the molecule is COc1cccc2c1[C@@H]1CN(CCCCn3c(=O)[nH]c4c(sc5ccncc54)c3=O)C[C@H]1CO2.Cl.Cl. The van der Waals surface area contributed by atoms with Crippen molar-refractivity contribution in [1.82, 2.24) is 19.4 Å². The van der Waals surface area contributed by atoms with Crippen LogP contribution in [0.5, 0.6) is 11.5 Å². The van der Waals surface area contributed by atoms with Gasteiger partial charge in [-0.3, -0.25) is 14.3 Å². The molecule has 3 aromatic heterocycles. The molecule has 1 fully saturated rings. The molecule has 2 aliphatic heterocycles. The van der Waals surface area contributed by atoms with Crippen molar-refractivity contribution in [2.24, 2.45) is 5.92 Å². The number of hydrogen-bond acceptors (Lipinski definition) is 7. The van der Waals surface area contributed by atoms with Crippen LogP contribution < -0.4 is 20.7 Å². The molecular weight excluding hydrogens is 523 g/mol. The fourth-order valence-electron chi connectivity index (χ4n) is 5.44. The summed E-state index contributed by atoms with van der Waals surface area (Å²) in [6, 6.07) is 7.87. The number of methoxy groups -OCH3 is 1. The first-order chi connectivity index (χ1) is 16.6. The lowest BCUT2D eigenvalue weighted by atomic mass is 9.86. The van der Waals surface area contributed by atoms with E-state index in [0.29, 0.717) is 28.6 Å². The first-order valence-corrected chi connectivity index (χ1v) is 12.5. The highest BCUT2D eigenvalue weighted by Crippen LogP contribution is 2.46. The second-order valence-corrected chi connectivity index (χ2v) is 10.1. The van der Waals surface area contributed by atoms with Gasteiger partial charge in [-0.1, -0.05) is 6.07 Å². The maximum atomic E-state index is 13.0. The fourth-order valence-corrected chi connectivity index (χ4v) is 6.52. The van der Waals surface area contributed by atoms with Gasteiger partial charge in [-0.05, 0) is 37.6 Å². The highest BCUT2D eigenvalue weighted by Gasteiger charge is 2.40. The standard InChI is InChI=1S/C25H26N4O4S.2ClH/c1-32-18-5-4-6-19-21(18)17-13-28(12-15(17)14-33-19)9-2-3-10-29-24(30)23-22(27-25(29)31)16-11-26-8-7-20(16)34-23;;/h4-8,11,15,17H,2-3,9-10,12-14H2,1H3,(H,27,31);2*1H/t15-,17+;;/m0../s1. The van der Waals surface area contributed by atoms with E-state index < -0.39 is 0 Å². The number of H-pyrrole nitrogens is 1. The average Bonchev–Trinajstić information content (AvgIpc) is 3.44. The van der Waals surface area contributed by atoms with Crippen molar-refractivity contribution in [3.05, 3.63) is 63.1 Å². The van der Waals surface area contributed by atoms with Gasteiger partial charge in [-0.15, -0.1) is 36.2 Å². The molecule has 2 aliphatic rings. The summed E-state index contributed by atoms with van der Waals surface area (Å²) in [6.45, 7) is 4.04. The van der Waals surface area contributed by atoms with Crippen LogP contribution >= 0.6 is 36.2 Å². The van der Waals surface area contributed by atoms with Gasteiger partial charge in [-0.2, -0.15) is 0 Å². The van der Waals surface area contributed by atoms with Crippen molar-refractivity contribution in [1.29, 1.82) is 0 Å². The molecule has 0 bridgehead atoms. The van der Waals surface area contributed by atoms with E-state index >= 15 is 0 Å². The zero-order valence-electron chi connectivity index (χ0n) is 19.8. The first-order valence-electron chi connectivity index (χ1n) is 11.7. The van der Waals surface area contributed by atoms with Crippen LogP contribution in [0.2, 0.25) is 0 Å². The number of benzene rings is 1. The Morgan fingerprint density at radius 2 is 2.00 bits per heavy atom. The number of unbranched alkanes of at least 4 members (excludes halogenated alkanes) is 1. The van der Waals surface area contributed by atoms with E-state index in [0.717, 1.165) is 60.7 Å². The van der Waals surface area contributed by atoms with E-state index in [1.165, 1.54) is 21.5 Å². The normalized spacial score (nSPS) is 18.7. The Morgan fingerprint density at radius 1 is 1.17 bits per heavy atom. The van der Waals surface area contributed by atoms with Crippen LogP contribution in [0.25, 0.3) is 20.3 Å². The van der Waals surface area contributed by atoms with Crippen molar-refractivity contribution in [2.75, 3.05) is 33.4 Å². The first kappa shape index (κ1) is 26.5. The van der Waals surface area contributed by atoms with Gasteiger partial charge in [-0.25, -0.2) is 4.79 Å². The molecule has 1 saturated heterocycles. The van der Waals surface area contributed by atoms with Gasteiger partial charge >= 0.3 is 5.69 Å². The number of nitrogens with zero attached hydrogens (tertiary/aromatic N) is 3. The number of ether oxygens (including phenoxy) is 2. The van der Waals surface area contributed by atoms with Crippen LogP contribution in [-0.2, 0) is 6.54 Å². The Bertz CT molecular complexity index is 1490. The topological polar surface area (TPSA) is 89.5 Å². The lowest BCUT2D eigenvalue weighted by molar-refractivity contribution is 0.209. The summed E-state index contributed by atoms with van der Waals surface area (Å²) < 4.78 is 14.5. The third-order valence-electron chi connectivity index (χ3n) is 7.10. The highest BCUT2D eigenvalue weighted by molar-refractivity contribution is 7.25. The van der Waals surface area contributed by atoms with Crippen molar-refractivity contribution in [2.45, 2.75) is 25.3 Å². The Kier molecular flexibility index (Phi) is 7.94. The summed E-state index contributed by atoms with van der Waals surface area (Å²) in [5.41, 5.74) is 1.22. The number of rotatable bonds is 6. The lowest BCUT2D eigenvalue weighted by Crippen LogP contribution is -2.34. The van der Waals surface area contributed by atoms with Gasteiger partial charge in [0.15, 0.2) is 0 Å². The van der Waals surface area contributed by atoms with E-state index in [9.17, 15) is 9.59 Å². The number of halogens is 2. The summed E-state index contributed by atoms with van der Waals surface area (Å²) in [4.78, 5) is 35.2. The monoisotopic (exact) mass is 550 g/mol. The number of nitrogens with one attached hydrogen (secondary N) is 1. The number of aromatic amines is 1. The van der Waals surface area contributed by atoms with E-state index in [1.807, 2.05) is 24.3 Å². The minimum absolute atomic E-state index is 0. The Hall–Kier alpha value is -2.59. The van der Waals surface area contributed by atoms with Crippen molar-refractivity contribution < 1.29 is 9.47 Å². The summed E-state index contributed by atoms with van der Waals surface area (Å²) >= 11 is 1.41. The summed E-state index contributed by atoms with van der Waals surface area (Å²) in [5, 5.41) is 0.821. The van der Waals surface area contributed by atoms with Crippen molar-refractivity contribution >= 4 is 56.5 Å². The zero-order chi connectivity index (χ0) is 23.2. The third-order valence-corrected chi connectivity index (χ3v) is 8.26. The van der Waals surface area contributed by atoms with Crippen molar-refractivity contribution in [3.8, 4) is 11.5 Å². The molecule has 0 spiro atoms. The minimum atomic E-state index is -0.353. The number of fused-ring (bicyclic) bond motifs is 6. The summed E-state index contributed by atoms with van der Waals surface area (Å²) in [6.07, 6.45) is 5.08. The smallest absolute Gasteiger partial charge is 0.328 e. The minimum Gasteiger partial charge on any atom is -0.496 e. The summed E-state index contributed by atoms with van der Waals surface area (Å²) in [7, 11) is 1.71. The molecule has 11 heteroatoms. The number of likely N-dealkylation sites (tertiary alicyclic amines) is 1. The zero-order valence-corrected chi connectivity index (χ0v) is 22.2. The second kappa shape index (κ2) is 10.8. The van der Waals surface area contributed by atoms with Crippen LogP contribution in [0.4, 0.5) is 0 Å². The number of aromatic nitrogens is 3. The van der Waals surface area contributed by atoms with E-state index in [2.05, 4.69) is 14.9 Å². The van der Waals surface area contributed by atoms with E-state index in [-0.39, 0.29) is 36.1 Å². The second-order valence-electron chi connectivity index (χ2n) is 9.08. The average molecular weight is 551 g/mol. The molecule has 0 saturated carbocycles. The van der Waals surface area contributed by atoms with Crippen LogP contribution in [0.3, 0.4) is 0 Å². The molecule has 5 heterocycles. The molecule has 1 N–H and O–H groups in total. The van der Waals surface area contributed by atoms with Gasteiger partial charge < -0.3 is 19.4 Å². The van der Waals surface area contributed by atoms with Crippen LogP contribution in [-0.4, -0.2) is 52.8 Å². The van der Waals surface area contributed by atoms with E-state index in [4.69, 9.17) is 9.47 Å². The van der Waals surface area contributed by atoms with Gasteiger partial charge in [0.1, 0.15) is 16.2 Å². The van der Waals surface area contributed by atoms with Crippen LogP contribution in [0.1, 0.15) is 24.3 Å². The molecule has 192 valence electrons.